The average molecular weight is 275 g/mol. The van der Waals surface area contributed by atoms with Crippen LogP contribution in [0.1, 0.15) is 58.4 Å². The molecule has 1 saturated carbocycles. The summed E-state index contributed by atoms with van der Waals surface area (Å²) >= 11 is 0. The Labute approximate surface area is 123 Å². The number of rotatable bonds is 6. The summed E-state index contributed by atoms with van der Waals surface area (Å²) in [6.07, 6.45) is 8.82. The SMILES string of the molecule is CCN(c1ccc(CNC(C)C)cn1)C1CCCCC1. The van der Waals surface area contributed by atoms with Crippen LogP contribution < -0.4 is 10.2 Å². The molecule has 0 spiro atoms. The molecule has 1 N–H and O–H groups in total. The van der Waals surface area contributed by atoms with Crippen LogP contribution in [0.2, 0.25) is 0 Å². The maximum absolute atomic E-state index is 4.69. The molecule has 0 amide bonds. The second kappa shape index (κ2) is 7.63. The fourth-order valence-corrected chi connectivity index (χ4v) is 3.01. The Balaban J connectivity index is 1.99. The van der Waals surface area contributed by atoms with E-state index >= 15 is 0 Å². The molecular weight excluding hydrogens is 246 g/mol. The highest BCUT2D eigenvalue weighted by Gasteiger charge is 2.20. The number of hydrogen-bond acceptors (Lipinski definition) is 3. The van der Waals surface area contributed by atoms with E-state index in [0.29, 0.717) is 12.1 Å². The van der Waals surface area contributed by atoms with Crippen molar-refractivity contribution >= 4 is 5.82 Å². The van der Waals surface area contributed by atoms with Crippen LogP contribution in [0.4, 0.5) is 5.82 Å². The zero-order chi connectivity index (χ0) is 14.4. The Bertz CT molecular complexity index is 380. The lowest BCUT2D eigenvalue weighted by Gasteiger charge is -2.34. The molecule has 1 fully saturated rings. The summed E-state index contributed by atoms with van der Waals surface area (Å²) in [7, 11) is 0. The van der Waals surface area contributed by atoms with Crippen molar-refractivity contribution in [2.75, 3.05) is 11.4 Å². The Hall–Kier alpha value is -1.09. The number of aromatic nitrogens is 1. The molecule has 3 heteroatoms. The third-order valence-corrected chi connectivity index (χ3v) is 4.17. The van der Waals surface area contributed by atoms with Gasteiger partial charge in [0.15, 0.2) is 0 Å². The van der Waals surface area contributed by atoms with Crippen LogP contribution in [0.25, 0.3) is 0 Å². The number of nitrogens with one attached hydrogen (secondary N) is 1. The molecule has 0 aliphatic heterocycles. The van der Waals surface area contributed by atoms with Gasteiger partial charge >= 0.3 is 0 Å². The first kappa shape index (κ1) is 15.3. The van der Waals surface area contributed by atoms with Gasteiger partial charge in [0.2, 0.25) is 0 Å². The molecule has 20 heavy (non-hydrogen) atoms. The lowest BCUT2D eigenvalue weighted by atomic mass is 9.94. The van der Waals surface area contributed by atoms with Gasteiger partial charge in [-0.05, 0) is 31.4 Å². The number of pyridine rings is 1. The predicted molar refractivity (Wildman–Crippen MR) is 86.1 cm³/mol. The topological polar surface area (TPSA) is 28.2 Å². The molecule has 112 valence electrons. The third-order valence-electron chi connectivity index (χ3n) is 4.17. The van der Waals surface area contributed by atoms with Gasteiger partial charge in [-0.1, -0.05) is 39.2 Å². The first-order valence-corrected chi connectivity index (χ1v) is 8.15. The molecule has 1 aliphatic rings. The molecule has 1 heterocycles. The van der Waals surface area contributed by atoms with Crippen molar-refractivity contribution < 1.29 is 0 Å². The van der Waals surface area contributed by atoms with Crippen LogP contribution in [-0.4, -0.2) is 23.6 Å². The molecule has 2 rings (SSSR count). The quantitative estimate of drug-likeness (QED) is 0.857. The fourth-order valence-electron chi connectivity index (χ4n) is 3.01. The van der Waals surface area contributed by atoms with E-state index in [1.54, 1.807) is 0 Å². The summed E-state index contributed by atoms with van der Waals surface area (Å²) in [6, 6.07) is 5.61. The Kier molecular flexibility index (Phi) is 5.84. The summed E-state index contributed by atoms with van der Waals surface area (Å²) in [5.74, 6) is 1.15. The van der Waals surface area contributed by atoms with Gasteiger partial charge in [0.25, 0.3) is 0 Å². The molecule has 0 bridgehead atoms. The predicted octanol–water partition coefficient (Wildman–Crippen LogP) is 3.74. The number of hydrogen-bond donors (Lipinski definition) is 1. The Morgan fingerprint density at radius 2 is 2.00 bits per heavy atom. The smallest absolute Gasteiger partial charge is 0.128 e. The number of nitrogens with zero attached hydrogens (tertiary/aromatic N) is 2. The van der Waals surface area contributed by atoms with Crippen LogP contribution in [0.3, 0.4) is 0 Å². The molecule has 0 unspecified atom stereocenters. The maximum Gasteiger partial charge on any atom is 0.128 e. The minimum Gasteiger partial charge on any atom is -0.354 e. The van der Waals surface area contributed by atoms with E-state index in [1.807, 2.05) is 6.20 Å². The summed E-state index contributed by atoms with van der Waals surface area (Å²) in [5, 5.41) is 3.43. The lowest BCUT2D eigenvalue weighted by Crippen LogP contribution is -2.37. The largest absolute Gasteiger partial charge is 0.354 e. The summed E-state index contributed by atoms with van der Waals surface area (Å²) in [4.78, 5) is 7.17. The Morgan fingerprint density at radius 3 is 2.55 bits per heavy atom. The van der Waals surface area contributed by atoms with E-state index in [-0.39, 0.29) is 0 Å². The normalized spacial score (nSPS) is 16.6. The van der Waals surface area contributed by atoms with Gasteiger partial charge in [0, 0.05) is 31.4 Å². The van der Waals surface area contributed by atoms with Gasteiger partial charge in [-0.2, -0.15) is 0 Å². The molecule has 0 atom stereocenters. The molecule has 0 saturated heterocycles. The highest BCUT2D eigenvalue weighted by molar-refractivity contribution is 5.40. The molecule has 1 aromatic heterocycles. The summed E-state index contributed by atoms with van der Waals surface area (Å²) in [5.41, 5.74) is 1.27. The second-order valence-corrected chi connectivity index (χ2v) is 6.14. The van der Waals surface area contributed by atoms with Gasteiger partial charge in [-0.25, -0.2) is 4.98 Å². The minimum absolute atomic E-state index is 0.518. The molecule has 0 aromatic carbocycles. The average Bonchev–Trinajstić information content (AvgIpc) is 2.48. The number of anilines is 1. The van der Waals surface area contributed by atoms with Gasteiger partial charge in [-0.15, -0.1) is 0 Å². The van der Waals surface area contributed by atoms with Gasteiger partial charge in [0.05, 0.1) is 0 Å². The summed E-state index contributed by atoms with van der Waals surface area (Å²) in [6.45, 7) is 8.54. The van der Waals surface area contributed by atoms with E-state index in [4.69, 9.17) is 0 Å². The zero-order valence-electron chi connectivity index (χ0n) is 13.2. The summed E-state index contributed by atoms with van der Waals surface area (Å²) < 4.78 is 0. The standard InChI is InChI=1S/C17H29N3/c1-4-20(16-8-6-5-7-9-16)17-11-10-15(13-19-17)12-18-14(2)3/h10-11,13-14,16,18H,4-9,12H2,1-3H3. The fraction of sp³-hybridized carbons (Fsp3) is 0.706. The monoisotopic (exact) mass is 275 g/mol. The van der Waals surface area contributed by atoms with Crippen molar-refractivity contribution in [1.29, 1.82) is 0 Å². The van der Waals surface area contributed by atoms with Crippen molar-refractivity contribution in [2.45, 2.75) is 71.5 Å². The Morgan fingerprint density at radius 1 is 1.25 bits per heavy atom. The van der Waals surface area contributed by atoms with Gasteiger partial charge in [-0.3, -0.25) is 0 Å². The first-order chi connectivity index (χ1) is 9.70. The van der Waals surface area contributed by atoms with E-state index in [1.165, 1.54) is 37.7 Å². The minimum atomic E-state index is 0.518. The van der Waals surface area contributed by atoms with Crippen LogP contribution in [0, 0.1) is 0 Å². The molecule has 0 radical (unpaired) electrons. The zero-order valence-corrected chi connectivity index (χ0v) is 13.2. The highest BCUT2D eigenvalue weighted by atomic mass is 15.2. The molecule has 1 aliphatic carbocycles. The van der Waals surface area contributed by atoms with E-state index < -0.39 is 0 Å². The highest BCUT2D eigenvalue weighted by Crippen LogP contribution is 2.26. The van der Waals surface area contributed by atoms with Crippen LogP contribution >= 0.6 is 0 Å². The van der Waals surface area contributed by atoms with E-state index in [0.717, 1.165) is 18.9 Å². The van der Waals surface area contributed by atoms with E-state index in [2.05, 4.69) is 48.1 Å². The van der Waals surface area contributed by atoms with E-state index in [9.17, 15) is 0 Å². The second-order valence-electron chi connectivity index (χ2n) is 6.14. The molecular formula is C17H29N3. The molecule has 1 aromatic rings. The van der Waals surface area contributed by atoms with Crippen molar-refractivity contribution in [1.82, 2.24) is 10.3 Å². The van der Waals surface area contributed by atoms with Crippen LogP contribution in [0.5, 0.6) is 0 Å². The van der Waals surface area contributed by atoms with Crippen molar-refractivity contribution in [3.05, 3.63) is 23.9 Å². The van der Waals surface area contributed by atoms with Gasteiger partial charge < -0.3 is 10.2 Å². The lowest BCUT2D eigenvalue weighted by molar-refractivity contribution is 0.416. The van der Waals surface area contributed by atoms with Crippen molar-refractivity contribution in [3.8, 4) is 0 Å². The van der Waals surface area contributed by atoms with Crippen molar-refractivity contribution in [2.24, 2.45) is 0 Å². The maximum atomic E-state index is 4.69. The van der Waals surface area contributed by atoms with Crippen LogP contribution in [-0.2, 0) is 6.54 Å². The van der Waals surface area contributed by atoms with Gasteiger partial charge in [0.1, 0.15) is 5.82 Å². The molecule has 3 nitrogen and oxygen atoms in total. The third kappa shape index (κ3) is 4.20. The van der Waals surface area contributed by atoms with Crippen molar-refractivity contribution in [3.63, 3.8) is 0 Å². The first-order valence-electron chi connectivity index (χ1n) is 8.15. The van der Waals surface area contributed by atoms with Crippen LogP contribution in [0.15, 0.2) is 18.3 Å².